The number of halogens is 2. The van der Waals surface area contributed by atoms with Crippen molar-refractivity contribution in [2.75, 3.05) is 6.54 Å². The number of carbonyl (C=O) groups excluding carboxylic acids is 1. The normalized spacial score (nSPS) is 25.0. The zero-order valence-electron chi connectivity index (χ0n) is 12.4. The highest BCUT2D eigenvalue weighted by Crippen LogP contribution is 2.31. The number of benzene rings is 1. The van der Waals surface area contributed by atoms with Gasteiger partial charge >= 0.3 is 0 Å². The third kappa shape index (κ3) is 4.97. The van der Waals surface area contributed by atoms with Gasteiger partial charge in [0.1, 0.15) is 5.82 Å². The lowest BCUT2D eigenvalue weighted by atomic mass is 9.74. The predicted octanol–water partition coefficient (Wildman–Crippen LogP) is 2.81. The number of rotatable bonds is 4. The molecule has 0 saturated heterocycles. The molecule has 0 heterocycles. The van der Waals surface area contributed by atoms with E-state index in [1.54, 1.807) is 6.07 Å². The maximum absolute atomic E-state index is 13.0. The van der Waals surface area contributed by atoms with Gasteiger partial charge in [-0.2, -0.15) is 0 Å². The third-order valence-corrected chi connectivity index (χ3v) is 4.17. The predicted molar refractivity (Wildman–Crippen MR) is 84.9 cm³/mol. The average Bonchev–Trinajstić information content (AvgIpc) is 2.38. The number of amides is 1. The average molecular weight is 315 g/mol. The highest BCUT2D eigenvalue weighted by atomic mass is 35.5. The maximum Gasteiger partial charge on any atom is 0.224 e. The van der Waals surface area contributed by atoms with Crippen molar-refractivity contribution in [3.8, 4) is 0 Å². The van der Waals surface area contributed by atoms with Crippen LogP contribution in [-0.4, -0.2) is 18.0 Å². The second-order valence-corrected chi connectivity index (χ2v) is 5.98. The number of nitrogens with one attached hydrogen (secondary N) is 1. The summed E-state index contributed by atoms with van der Waals surface area (Å²) in [6.45, 7) is 2.48. The van der Waals surface area contributed by atoms with Crippen molar-refractivity contribution in [3.05, 3.63) is 35.6 Å². The molecule has 1 aliphatic carbocycles. The Morgan fingerprint density at radius 3 is 2.90 bits per heavy atom. The summed E-state index contributed by atoms with van der Waals surface area (Å²) in [5, 5.41) is 2.93. The lowest BCUT2D eigenvalue weighted by Crippen LogP contribution is -2.53. The monoisotopic (exact) mass is 314 g/mol. The Kier molecular flexibility index (Phi) is 6.62. The van der Waals surface area contributed by atoms with Gasteiger partial charge in [0, 0.05) is 12.1 Å². The molecule has 5 heteroatoms. The highest BCUT2D eigenvalue weighted by Gasteiger charge is 2.37. The molecule has 1 aliphatic rings. The first-order valence-electron chi connectivity index (χ1n) is 7.30. The Bertz CT molecular complexity index is 479. The minimum absolute atomic E-state index is 0. The van der Waals surface area contributed by atoms with E-state index in [2.05, 4.69) is 5.32 Å². The molecule has 118 valence electrons. The maximum atomic E-state index is 13.0. The van der Waals surface area contributed by atoms with Crippen molar-refractivity contribution in [2.45, 2.75) is 44.6 Å². The van der Waals surface area contributed by atoms with Gasteiger partial charge in [0.2, 0.25) is 5.91 Å². The standard InChI is InChI=1S/C16H23FN2O.ClH/c1-16(18)9-3-2-7-14(16)15(20)19-10-8-12-5-4-6-13(17)11-12;/h4-6,11,14H,2-3,7-10,18H2,1H3,(H,19,20);1H. The molecule has 1 fully saturated rings. The fourth-order valence-corrected chi connectivity index (χ4v) is 2.93. The quantitative estimate of drug-likeness (QED) is 0.898. The number of carbonyl (C=O) groups is 1. The summed E-state index contributed by atoms with van der Waals surface area (Å²) < 4.78 is 13.0. The number of hydrogen-bond acceptors (Lipinski definition) is 2. The Labute approximate surface area is 131 Å². The van der Waals surface area contributed by atoms with Crippen LogP contribution in [0, 0.1) is 11.7 Å². The van der Waals surface area contributed by atoms with E-state index in [9.17, 15) is 9.18 Å². The van der Waals surface area contributed by atoms with Crippen LogP contribution in [-0.2, 0) is 11.2 Å². The Balaban J connectivity index is 0.00000220. The van der Waals surface area contributed by atoms with Crippen LogP contribution >= 0.6 is 12.4 Å². The van der Waals surface area contributed by atoms with Gasteiger partial charge in [-0.1, -0.05) is 25.0 Å². The zero-order valence-corrected chi connectivity index (χ0v) is 13.2. The van der Waals surface area contributed by atoms with E-state index >= 15 is 0 Å². The molecule has 0 radical (unpaired) electrons. The van der Waals surface area contributed by atoms with Crippen LogP contribution in [0.3, 0.4) is 0 Å². The summed E-state index contributed by atoms with van der Waals surface area (Å²) in [6.07, 6.45) is 4.56. The van der Waals surface area contributed by atoms with Crippen LogP contribution in [0.4, 0.5) is 4.39 Å². The molecule has 21 heavy (non-hydrogen) atoms. The Morgan fingerprint density at radius 1 is 1.48 bits per heavy atom. The first kappa shape index (κ1) is 17.9. The minimum Gasteiger partial charge on any atom is -0.355 e. The van der Waals surface area contributed by atoms with Gasteiger partial charge in [-0.3, -0.25) is 4.79 Å². The first-order chi connectivity index (χ1) is 9.49. The number of hydrogen-bond donors (Lipinski definition) is 2. The van der Waals surface area contributed by atoms with Crippen LogP contribution in [0.1, 0.15) is 38.2 Å². The molecule has 0 spiro atoms. The molecule has 2 atom stereocenters. The molecule has 0 aromatic heterocycles. The van der Waals surface area contributed by atoms with Crippen molar-refractivity contribution < 1.29 is 9.18 Å². The van der Waals surface area contributed by atoms with Gasteiger partial charge in [0.05, 0.1) is 5.92 Å². The third-order valence-electron chi connectivity index (χ3n) is 4.17. The van der Waals surface area contributed by atoms with E-state index in [-0.39, 0.29) is 30.0 Å². The van der Waals surface area contributed by atoms with Gasteiger partial charge in [-0.05, 0) is 43.9 Å². The largest absolute Gasteiger partial charge is 0.355 e. The minimum atomic E-state index is -0.402. The lowest BCUT2D eigenvalue weighted by Gasteiger charge is -2.37. The molecule has 1 saturated carbocycles. The SMILES string of the molecule is CC1(N)CCCCC1C(=O)NCCc1cccc(F)c1.Cl. The van der Waals surface area contributed by atoms with E-state index in [0.29, 0.717) is 13.0 Å². The Hall–Kier alpha value is -1.13. The van der Waals surface area contributed by atoms with E-state index in [0.717, 1.165) is 31.2 Å². The molecular weight excluding hydrogens is 291 g/mol. The summed E-state index contributed by atoms with van der Waals surface area (Å²) >= 11 is 0. The van der Waals surface area contributed by atoms with E-state index in [1.807, 2.05) is 13.0 Å². The lowest BCUT2D eigenvalue weighted by molar-refractivity contribution is -0.128. The summed E-state index contributed by atoms with van der Waals surface area (Å²) in [4.78, 5) is 12.2. The second kappa shape index (κ2) is 7.76. The van der Waals surface area contributed by atoms with Crippen molar-refractivity contribution in [3.63, 3.8) is 0 Å². The fourth-order valence-electron chi connectivity index (χ4n) is 2.93. The van der Waals surface area contributed by atoms with Crippen LogP contribution in [0.25, 0.3) is 0 Å². The molecule has 3 N–H and O–H groups in total. The van der Waals surface area contributed by atoms with Crippen LogP contribution in [0.5, 0.6) is 0 Å². The second-order valence-electron chi connectivity index (χ2n) is 5.98. The fraction of sp³-hybridized carbons (Fsp3) is 0.562. The summed E-state index contributed by atoms with van der Waals surface area (Å²) in [6, 6.07) is 6.47. The van der Waals surface area contributed by atoms with Crippen LogP contribution in [0.2, 0.25) is 0 Å². The molecule has 3 nitrogen and oxygen atoms in total. The number of nitrogens with two attached hydrogens (primary N) is 1. The van der Waals surface area contributed by atoms with Gasteiger partial charge in [0.25, 0.3) is 0 Å². The van der Waals surface area contributed by atoms with E-state index in [1.165, 1.54) is 12.1 Å². The zero-order chi connectivity index (χ0) is 14.6. The molecule has 1 aromatic rings. The van der Waals surface area contributed by atoms with Gasteiger partial charge < -0.3 is 11.1 Å². The smallest absolute Gasteiger partial charge is 0.224 e. The first-order valence-corrected chi connectivity index (χ1v) is 7.30. The molecule has 0 aliphatic heterocycles. The van der Waals surface area contributed by atoms with E-state index < -0.39 is 5.54 Å². The highest BCUT2D eigenvalue weighted by molar-refractivity contribution is 5.85. The molecule has 2 rings (SSSR count). The summed E-state index contributed by atoms with van der Waals surface area (Å²) in [7, 11) is 0. The molecule has 1 amide bonds. The molecule has 2 unspecified atom stereocenters. The summed E-state index contributed by atoms with van der Waals surface area (Å²) in [5.41, 5.74) is 6.71. The van der Waals surface area contributed by atoms with Gasteiger partial charge in [-0.15, -0.1) is 12.4 Å². The molecule has 1 aromatic carbocycles. The molecule has 0 bridgehead atoms. The molecular formula is C16H24ClFN2O. The topological polar surface area (TPSA) is 55.1 Å². The van der Waals surface area contributed by atoms with E-state index in [4.69, 9.17) is 5.73 Å². The van der Waals surface area contributed by atoms with Crippen molar-refractivity contribution in [2.24, 2.45) is 11.7 Å². The van der Waals surface area contributed by atoms with Crippen molar-refractivity contribution >= 4 is 18.3 Å². The van der Waals surface area contributed by atoms with Gasteiger partial charge in [-0.25, -0.2) is 4.39 Å². The van der Waals surface area contributed by atoms with Crippen LogP contribution in [0.15, 0.2) is 24.3 Å². The summed E-state index contributed by atoms with van der Waals surface area (Å²) in [5.74, 6) is -0.314. The van der Waals surface area contributed by atoms with Crippen molar-refractivity contribution in [1.29, 1.82) is 0 Å². The Morgan fingerprint density at radius 2 is 2.24 bits per heavy atom. The van der Waals surface area contributed by atoms with Crippen LogP contribution < -0.4 is 11.1 Å². The van der Waals surface area contributed by atoms with Gasteiger partial charge in [0.15, 0.2) is 0 Å². The van der Waals surface area contributed by atoms with Crippen molar-refractivity contribution in [1.82, 2.24) is 5.32 Å².